The smallest absolute Gasteiger partial charge is 0.293 e. The number of amides is 2. The fourth-order valence-corrected chi connectivity index (χ4v) is 4.64. The number of halogens is 2. The lowest BCUT2D eigenvalue weighted by molar-refractivity contribution is -0.133. The summed E-state index contributed by atoms with van der Waals surface area (Å²) in [6.45, 7) is 1.01. The molecule has 3 aromatic rings. The Bertz CT molecular complexity index is 1440. The molecule has 0 spiro atoms. The summed E-state index contributed by atoms with van der Waals surface area (Å²) in [6, 6.07) is 4.97. The van der Waals surface area contributed by atoms with Crippen LogP contribution in [0.25, 0.3) is 10.9 Å². The van der Waals surface area contributed by atoms with E-state index in [0.717, 1.165) is 0 Å². The Morgan fingerprint density at radius 1 is 1.16 bits per heavy atom. The summed E-state index contributed by atoms with van der Waals surface area (Å²) in [5, 5.41) is 6.93. The molecular formula is C25H29Cl2N7O4. The topological polar surface area (TPSA) is 122 Å². The van der Waals surface area contributed by atoms with Crippen molar-refractivity contribution in [1.29, 1.82) is 0 Å². The van der Waals surface area contributed by atoms with E-state index in [1.807, 2.05) is 4.90 Å². The van der Waals surface area contributed by atoms with Gasteiger partial charge in [-0.05, 0) is 31.0 Å². The molecule has 3 heterocycles. The van der Waals surface area contributed by atoms with Gasteiger partial charge in [-0.2, -0.15) is 4.98 Å². The van der Waals surface area contributed by atoms with Crippen LogP contribution in [0.3, 0.4) is 0 Å². The van der Waals surface area contributed by atoms with Crippen LogP contribution >= 0.6 is 23.2 Å². The molecule has 11 nitrogen and oxygen atoms in total. The molecule has 0 radical (unpaired) electrons. The number of rotatable bonds is 7. The zero-order chi connectivity index (χ0) is 27.6. The Morgan fingerprint density at radius 2 is 1.87 bits per heavy atom. The van der Waals surface area contributed by atoms with Crippen molar-refractivity contribution in [2.24, 2.45) is 13.0 Å². The van der Waals surface area contributed by atoms with Gasteiger partial charge in [-0.15, -0.1) is 0 Å². The van der Waals surface area contributed by atoms with Crippen LogP contribution in [0.4, 0.5) is 17.5 Å². The standard InChI is InChI=1S/C25H29Cl2N7O4/c1-28-21(35)13-38-20-10-15-9-18(16(26)11-19(15)33(4)24(20)37)30-22-17(27)12-29-25(31-22)34-7-5-14(6-8-34)23(36)32(2)3/h9-12,14H,5-8,13H2,1-4H3,(H,28,35)(H,29,30,31). The van der Waals surface area contributed by atoms with Crippen molar-refractivity contribution in [2.45, 2.75) is 12.8 Å². The maximum absolute atomic E-state index is 12.7. The fourth-order valence-electron chi connectivity index (χ4n) is 4.29. The van der Waals surface area contributed by atoms with E-state index >= 15 is 0 Å². The van der Waals surface area contributed by atoms with Crippen molar-refractivity contribution in [1.82, 2.24) is 24.8 Å². The van der Waals surface area contributed by atoms with E-state index in [-0.39, 0.29) is 30.1 Å². The van der Waals surface area contributed by atoms with Gasteiger partial charge in [0, 0.05) is 52.6 Å². The summed E-state index contributed by atoms with van der Waals surface area (Å²) in [6.07, 6.45) is 2.95. The first-order valence-corrected chi connectivity index (χ1v) is 12.8. The molecule has 0 saturated carbocycles. The third kappa shape index (κ3) is 5.78. The van der Waals surface area contributed by atoms with E-state index in [9.17, 15) is 14.4 Å². The molecule has 0 aliphatic carbocycles. The highest BCUT2D eigenvalue weighted by atomic mass is 35.5. The lowest BCUT2D eigenvalue weighted by Gasteiger charge is -2.32. The van der Waals surface area contributed by atoms with Crippen molar-refractivity contribution in [2.75, 3.05) is 51.1 Å². The molecule has 202 valence electrons. The van der Waals surface area contributed by atoms with Gasteiger partial charge < -0.3 is 29.7 Å². The minimum atomic E-state index is -0.391. The Kier molecular flexibility index (Phi) is 8.27. The van der Waals surface area contributed by atoms with Gasteiger partial charge in [-0.25, -0.2) is 4.98 Å². The van der Waals surface area contributed by atoms with Gasteiger partial charge in [0.1, 0.15) is 5.02 Å². The molecule has 4 rings (SSSR count). The van der Waals surface area contributed by atoms with Crippen molar-refractivity contribution in [3.05, 3.63) is 44.8 Å². The minimum absolute atomic E-state index is 0.0104. The number of likely N-dealkylation sites (N-methyl/N-ethyl adjacent to an activating group) is 1. The van der Waals surface area contributed by atoms with Crippen LogP contribution in [0.1, 0.15) is 12.8 Å². The number of nitrogens with zero attached hydrogens (tertiary/aromatic N) is 5. The number of fused-ring (bicyclic) bond motifs is 1. The number of pyridine rings is 1. The molecule has 1 saturated heterocycles. The van der Waals surface area contributed by atoms with Crippen LogP contribution < -0.4 is 25.8 Å². The monoisotopic (exact) mass is 561 g/mol. The molecule has 1 aromatic carbocycles. The molecule has 0 unspecified atom stereocenters. The first kappa shape index (κ1) is 27.5. The first-order valence-electron chi connectivity index (χ1n) is 12.0. The number of nitrogens with one attached hydrogen (secondary N) is 2. The second-order valence-corrected chi connectivity index (χ2v) is 10.0. The van der Waals surface area contributed by atoms with Crippen LogP contribution in [-0.2, 0) is 16.6 Å². The number of ether oxygens (including phenoxy) is 1. The van der Waals surface area contributed by atoms with Crippen LogP contribution in [0.5, 0.6) is 5.75 Å². The van der Waals surface area contributed by atoms with Crippen LogP contribution in [0, 0.1) is 5.92 Å². The molecule has 1 fully saturated rings. The average molecular weight is 562 g/mol. The first-order chi connectivity index (χ1) is 18.1. The summed E-state index contributed by atoms with van der Waals surface area (Å²) in [4.78, 5) is 49.2. The average Bonchev–Trinajstić information content (AvgIpc) is 2.91. The van der Waals surface area contributed by atoms with E-state index in [4.69, 9.17) is 27.9 Å². The van der Waals surface area contributed by atoms with Crippen LogP contribution in [0.15, 0.2) is 29.2 Å². The van der Waals surface area contributed by atoms with Gasteiger partial charge in [0.15, 0.2) is 18.2 Å². The van der Waals surface area contributed by atoms with Crippen LogP contribution in [0.2, 0.25) is 10.0 Å². The fraction of sp³-hybridized carbons (Fsp3) is 0.400. The number of aromatic nitrogens is 3. The molecule has 38 heavy (non-hydrogen) atoms. The van der Waals surface area contributed by atoms with Crippen molar-refractivity contribution in [3.8, 4) is 5.75 Å². The highest BCUT2D eigenvalue weighted by molar-refractivity contribution is 6.35. The maximum atomic E-state index is 12.7. The highest BCUT2D eigenvalue weighted by Gasteiger charge is 2.27. The lowest BCUT2D eigenvalue weighted by Crippen LogP contribution is -2.40. The molecule has 1 aliphatic rings. The second kappa shape index (κ2) is 11.4. The Balaban J connectivity index is 1.59. The molecule has 2 amide bonds. The SMILES string of the molecule is CNC(=O)COc1cc2cc(Nc3nc(N4CCC(C(=O)N(C)C)CC4)ncc3Cl)c(Cl)cc2n(C)c1=O. The number of aryl methyl sites for hydroxylation is 1. The van der Waals surface area contributed by atoms with Gasteiger partial charge in [-0.3, -0.25) is 14.4 Å². The van der Waals surface area contributed by atoms with E-state index < -0.39 is 5.56 Å². The minimum Gasteiger partial charge on any atom is -0.478 e. The van der Waals surface area contributed by atoms with Crippen LogP contribution in [-0.4, -0.2) is 72.1 Å². The number of anilines is 3. The zero-order valence-corrected chi connectivity index (χ0v) is 23.1. The van der Waals surface area contributed by atoms with Gasteiger partial charge in [0.25, 0.3) is 11.5 Å². The predicted octanol–water partition coefficient (Wildman–Crippen LogP) is 2.81. The van der Waals surface area contributed by atoms with E-state index in [2.05, 4.69) is 20.6 Å². The second-order valence-electron chi connectivity index (χ2n) is 9.21. The number of carbonyl (C=O) groups is 2. The van der Waals surface area contributed by atoms with Crippen molar-refractivity contribution >= 4 is 63.4 Å². The number of benzene rings is 1. The van der Waals surface area contributed by atoms with Gasteiger partial charge in [0.05, 0.1) is 22.4 Å². The Hall–Kier alpha value is -3.57. The van der Waals surface area contributed by atoms with E-state index in [1.54, 1.807) is 44.2 Å². The molecule has 2 aromatic heterocycles. The van der Waals surface area contributed by atoms with Crippen molar-refractivity contribution in [3.63, 3.8) is 0 Å². The number of carbonyl (C=O) groups excluding carboxylic acids is 2. The third-order valence-corrected chi connectivity index (χ3v) is 7.06. The van der Waals surface area contributed by atoms with Gasteiger partial charge in [-0.1, -0.05) is 23.2 Å². The summed E-state index contributed by atoms with van der Waals surface area (Å²) in [5.74, 6) is 0.671. The summed E-state index contributed by atoms with van der Waals surface area (Å²) < 4.78 is 6.84. The van der Waals surface area contributed by atoms with E-state index in [0.29, 0.717) is 64.3 Å². The molecule has 0 bridgehead atoms. The summed E-state index contributed by atoms with van der Waals surface area (Å²) in [7, 11) is 6.63. The van der Waals surface area contributed by atoms with E-state index in [1.165, 1.54) is 17.8 Å². The quantitative estimate of drug-likeness (QED) is 0.451. The predicted molar refractivity (Wildman–Crippen MR) is 148 cm³/mol. The van der Waals surface area contributed by atoms with Crippen molar-refractivity contribution < 1.29 is 14.3 Å². The summed E-state index contributed by atoms with van der Waals surface area (Å²) >= 11 is 13.0. The third-order valence-electron chi connectivity index (χ3n) is 6.47. The molecule has 2 N–H and O–H groups in total. The Morgan fingerprint density at radius 3 is 2.53 bits per heavy atom. The molecule has 1 aliphatic heterocycles. The zero-order valence-electron chi connectivity index (χ0n) is 21.5. The normalized spacial score (nSPS) is 13.9. The van der Waals surface area contributed by atoms with Gasteiger partial charge >= 0.3 is 0 Å². The lowest BCUT2D eigenvalue weighted by atomic mass is 9.96. The number of hydrogen-bond donors (Lipinski definition) is 2. The van der Waals surface area contributed by atoms with Gasteiger partial charge in [0.2, 0.25) is 11.9 Å². The highest BCUT2D eigenvalue weighted by Crippen LogP contribution is 2.33. The molecule has 13 heteroatoms. The number of piperidine rings is 1. The number of hydrogen-bond acceptors (Lipinski definition) is 8. The Labute approximate surface area is 229 Å². The largest absolute Gasteiger partial charge is 0.478 e. The molecular weight excluding hydrogens is 533 g/mol. The maximum Gasteiger partial charge on any atom is 0.293 e. The molecule has 0 atom stereocenters. The summed E-state index contributed by atoms with van der Waals surface area (Å²) in [5.41, 5.74) is 0.706.